The minimum absolute atomic E-state index is 0. The van der Waals surface area contributed by atoms with E-state index in [4.69, 9.17) is 5.73 Å². The zero-order valence-electron chi connectivity index (χ0n) is 14.5. The number of carbonyl (C=O) groups is 2. The van der Waals surface area contributed by atoms with Crippen LogP contribution in [0.25, 0.3) is 0 Å². The number of halogens is 1. The first-order valence-corrected chi connectivity index (χ1v) is 7.63. The Hall–Kier alpha value is -1.59. The van der Waals surface area contributed by atoms with E-state index in [0.29, 0.717) is 5.92 Å². The Morgan fingerprint density at radius 3 is 2.09 bits per heavy atom. The number of anilines is 1. The summed E-state index contributed by atoms with van der Waals surface area (Å²) in [4.78, 5) is 25.4. The van der Waals surface area contributed by atoms with Crippen LogP contribution in [0.15, 0.2) is 24.3 Å². The van der Waals surface area contributed by atoms with Crippen LogP contribution in [0.1, 0.15) is 39.2 Å². The van der Waals surface area contributed by atoms with Gasteiger partial charge >= 0.3 is 0 Å². The summed E-state index contributed by atoms with van der Waals surface area (Å²) in [5.74, 6) is 0.0109. The number of benzene rings is 1. The first-order chi connectivity index (χ1) is 10.2. The number of likely N-dealkylation sites (N-methyl/N-ethyl adjacent to an activating group) is 1. The molecule has 0 aromatic heterocycles. The van der Waals surface area contributed by atoms with Crippen LogP contribution in [0.4, 0.5) is 5.69 Å². The van der Waals surface area contributed by atoms with E-state index in [-0.39, 0.29) is 36.7 Å². The topological polar surface area (TPSA) is 75.4 Å². The van der Waals surface area contributed by atoms with Gasteiger partial charge in [-0.2, -0.15) is 0 Å². The molecule has 1 atom stereocenters. The quantitative estimate of drug-likeness (QED) is 0.833. The molecule has 130 valence electrons. The molecule has 5 nitrogen and oxygen atoms in total. The highest BCUT2D eigenvalue weighted by Gasteiger charge is 2.19. The van der Waals surface area contributed by atoms with Crippen molar-refractivity contribution in [3.63, 3.8) is 0 Å². The second-order valence-electron chi connectivity index (χ2n) is 6.19. The summed E-state index contributed by atoms with van der Waals surface area (Å²) in [5.41, 5.74) is 7.77. The van der Waals surface area contributed by atoms with Crippen LogP contribution >= 0.6 is 12.4 Å². The Labute approximate surface area is 145 Å². The van der Waals surface area contributed by atoms with E-state index >= 15 is 0 Å². The fourth-order valence-corrected chi connectivity index (χ4v) is 1.93. The lowest BCUT2D eigenvalue weighted by molar-refractivity contribution is -0.126. The van der Waals surface area contributed by atoms with Crippen LogP contribution in [0.5, 0.6) is 0 Å². The summed E-state index contributed by atoms with van der Waals surface area (Å²) in [5, 5.41) is 2.59. The van der Waals surface area contributed by atoms with Crippen molar-refractivity contribution in [2.24, 2.45) is 11.7 Å². The zero-order valence-corrected chi connectivity index (χ0v) is 15.3. The van der Waals surface area contributed by atoms with Gasteiger partial charge in [0.15, 0.2) is 0 Å². The van der Waals surface area contributed by atoms with E-state index in [1.54, 1.807) is 7.05 Å². The van der Waals surface area contributed by atoms with Crippen LogP contribution in [0, 0.1) is 5.92 Å². The Kier molecular flexibility index (Phi) is 8.87. The molecule has 6 heteroatoms. The first kappa shape index (κ1) is 21.4. The van der Waals surface area contributed by atoms with Crippen molar-refractivity contribution < 1.29 is 9.59 Å². The Morgan fingerprint density at radius 1 is 1.13 bits per heavy atom. The van der Waals surface area contributed by atoms with E-state index in [1.165, 1.54) is 10.5 Å². The summed E-state index contributed by atoms with van der Waals surface area (Å²) >= 11 is 0. The third kappa shape index (κ3) is 6.20. The summed E-state index contributed by atoms with van der Waals surface area (Å²) in [6.07, 6.45) is 0. The number of hydrogen-bond acceptors (Lipinski definition) is 3. The smallest absolute Gasteiger partial charge is 0.246 e. The molecular weight excluding hydrogens is 314 g/mol. The van der Waals surface area contributed by atoms with Crippen LogP contribution in [0.2, 0.25) is 0 Å². The van der Waals surface area contributed by atoms with Gasteiger partial charge in [-0.25, -0.2) is 0 Å². The van der Waals surface area contributed by atoms with Gasteiger partial charge in [0.1, 0.15) is 0 Å². The molecule has 0 aliphatic rings. The number of nitrogens with two attached hydrogens (primary N) is 1. The first-order valence-electron chi connectivity index (χ1n) is 7.63. The lowest BCUT2D eigenvalue weighted by Crippen LogP contribution is -2.47. The molecule has 1 aromatic rings. The molecule has 0 fully saturated rings. The molecule has 1 aromatic carbocycles. The van der Waals surface area contributed by atoms with E-state index < -0.39 is 6.04 Å². The van der Waals surface area contributed by atoms with Crippen molar-refractivity contribution in [3.8, 4) is 0 Å². The predicted octanol–water partition coefficient (Wildman–Crippen LogP) is 2.29. The molecule has 2 amide bonds. The summed E-state index contributed by atoms with van der Waals surface area (Å²) in [6, 6.07) is 7.25. The third-order valence-electron chi connectivity index (χ3n) is 3.76. The summed E-state index contributed by atoms with van der Waals surface area (Å²) in [6.45, 7) is 7.93. The largest absolute Gasteiger partial charge is 0.346 e. The highest BCUT2D eigenvalue weighted by Crippen LogP contribution is 2.19. The molecule has 0 radical (unpaired) electrons. The van der Waals surface area contributed by atoms with Gasteiger partial charge in [-0.15, -0.1) is 12.4 Å². The monoisotopic (exact) mass is 341 g/mol. The molecule has 0 unspecified atom stereocenters. The highest BCUT2D eigenvalue weighted by atomic mass is 35.5. The van der Waals surface area contributed by atoms with Crippen molar-refractivity contribution in [3.05, 3.63) is 29.8 Å². The van der Waals surface area contributed by atoms with Crippen molar-refractivity contribution in [2.75, 3.05) is 18.5 Å². The van der Waals surface area contributed by atoms with Gasteiger partial charge in [-0.05, 0) is 29.5 Å². The minimum Gasteiger partial charge on any atom is -0.346 e. The van der Waals surface area contributed by atoms with Gasteiger partial charge in [0, 0.05) is 12.7 Å². The number of amides is 2. The standard InChI is InChI=1S/C17H27N3O2.ClH/c1-11(2)13-6-8-14(9-7-13)20(5)15(21)10-19-17(22)16(18)12(3)4;/h6-9,11-12,16H,10,18H2,1-5H3,(H,19,22);1H/t16-;/m0./s1. The van der Waals surface area contributed by atoms with E-state index in [9.17, 15) is 9.59 Å². The Balaban J connectivity index is 0.00000484. The predicted molar refractivity (Wildman–Crippen MR) is 97.0 cm³/mol. The normalized spacial score (nSPS) is 11.8. The van der Waals surface area contributed by atoms with E-state index in [1.807, 2.05) is 38.1 Å². The Morgan fingerprint density at radius 2 is 1.65 bits per heavy atom. The SMILES string of the molecule is CC(C)c1ccc(N(C)C(=O)CNC(=O)[C@@H](N)C(C)C)cc1.Cl. The minimum atomic E-state index is -0.594. The van der Waals surface area contributed by atoms with Gasteiger partial charge in [0.25, 0.3) is 0 Å². The van der Waals surface area contributed by atoms with Crippen LogP contribution in [-0.2, 0) is 9.59 Å². The van der Waals surface area contributed by atoms with Gasteiger partial charge in [0.05, 0.1) is 12.6 Å². The summed E-state index contributed by atoms with van der Waals surface area (Å²) in [7, 11) is 1.70. The van der Waals surface area contributed by atoms with Gasteiger partial charge in [-0.1, -0.05) is 39.8 Å². The van der Waals surface area contributed by atoms with Gasteiger partial charge in [0.2, 0.25) is 11.8 Å². The molecule has 0 saturated carbocycles. The van der Waals surface area contributed by atoms with E-state index in [0.717, 1.165) is 5.69 Å². The molecule has 0 aliphatic carbocycles. The molecule has 0 saturated heterocycles. The number of nitrogens with zero attached hydrogens (tertiary/aromatic N) is 1. The maximum absolute atomic E-state index is 12.1. The number of hydrogen-bond donors (Lipinski definition) is 2. The second kappa shape index (κ2) is 9.53. The van der Waals surface area contributed by atoms with Crippen molar-refractivity contribution in [1.29, 1.82) is 0 Å². The number of rotatable bonds is 6. The average Bonchev–Trinajstić information content (AvgIpc) is 2.50. The molecule has 0 aliphatic heterocycles. The third-order valence-corrected chi connectivity index (χ3v) is 3.76. The molecule has 0 bridgehead atoms. The summed E-state index contributed by atoms with van der Waals surface area (Å²) < 4.78 is 0. The molecule has 0 spiro atoms. The fourth-order valence-electron chi connectivity index (χ4n) is 1.93. The lowest BCUT2D eigenvalue weighted by Gasteiger charge is -2.20. The number of carbonyl (C=O) groups excluding carboxylic acids is 2. The van der Waals surface area contributed by atoms with Crippen molar-refractivity contribution in [2.45, 2.75) is 39.7 Å². The Bertz CT molecular complexity index is 515. The van der Waals surface area contributed by atoms with Gasteiger partial charge < -0.3 is 16.0 Å². The molecular formula is C17H28ClN3O2. The van der Waals surface area contributed by atoms with Crippen molar-refractivity contribution in [1.82, 2.24) is 5.32 Å². The molecule has 0 heterocycles. The van der Waals surface area contributed by atoms with Crippen molar-refractivity contribution >= 4 is 29.9 Å². The van der Waals surface area contributed by atoms with Crippen LogP contribution in [-0.4, -0.2) is 31.4 Å². The molecule has 3 N–H and O–H groups in total. The molecule has 23 heavy (non-hydrogen) atoms. The molecule has 1 rings (SSSR count). The van der Waals surface area contributed by atoms with Crippen LogP contribution < -0.4 is 16.0 Å². The average molecular weight is 342 g/mol. The fraction of sp³-hybridized carbons (Fsp3) is 0.529. The zero-order chi connectivity index (χ0) is 16.9. The number of nitrogens with one attached hydrogen (secondary N) is 1. The maximum atomic E-state index is 12.1. The lowest BCUT2D eigenvalue weighted by atomic mass is 10.0. The second-order valence-corrected chi connectivity index (χ2v) is 6.19. The van der Waals surface area contributed by atoms with Gasteiger partial charge in [-0.3, -0.25) is 9.59 Å². The van der Waals surface area contributed by atoms with E-state index in [2.05, 4.69) is 19.2 Å². The van der Waals surface area contributed by atoms with Crippen LogP contribution in [0.3, 0.4) is 0 Å². The maximum Gasteiger partial charge on any atom is 0.246 e. The highest BCUT2D eigenvalue weighted by molar-refractivity contribution is 5.96.